The maximum Gasteiger partial charge on any atom is 0.178 e. The van der Waals surface area contributed by atoms with Crippen molar-refractivity contribution >= 4 is 5.78 Å². The molecule has 5 heteroatoms. The molecule has 1 N–H and O–H groups in total. The lowest BCUT2D eigenvalue weighted by Gasteiger charge is -2.28. The van der Waals surface area contributed by atoms with E-state index in [4.69, 9.17) is 10.00 Å². The second kappa shape index (κ2) is 5.34. The molecule has 0 amide bonds. The number of carbonyl (C=O) groups excluding carboxylic acids is 1. The molecule has 0 saturated carbocycles. The largest absolute Gasteiger partial charge is 0.362 e. The first kappa shape index (κ1) is 12.8. The lowest BCUT2D eigenvalue weighted by atomic mass is 10.1. The van der Waals surface area contributed by atoms with Gasteiger partial charge in [-0.1, -0.05) is 0 Å². The van der Waals surface area contributed by atoms with Crippen LogP contribution in [0.15, 0.2) is 6.07 Å². The lowest BCUT2D eigenvalue weighted by Crippen LogP contribution is -2.44. The number of ether oxygens (including phenoxy) is 1. The van der Waals surface area contributed by atoms with Crippen LogP contribution >= 0.6 is 0 Å². The van der Waals surface area contributed by atoms with Gasteiger partial charge >= 0.3 is 0 Å². The van der Waals surface area contributed by atoms with Gasteiger partial charge in [-0.05, 0) is 19.9 Å². The van der Waals surface area contributed by atoms with E-state index >= 15 is 0 Å². The molecular weight excluding hydrogens is 230 g/mol. The van der Waals surface area contributed by atoms with Crippen LogP contribution in [0.25, 0.3) is 0 Å². The van der Waals surface area contributed by atoms with Crippen LogP contribution in [-0.4, -0.2) is 48.0 Å². The summed E-state index contributed by atoms with van der Waals surface area (Å²) in [5, 5.41) is 8.82. The summed E-state index contributed by atoms with van der Waals surface area (Å²) in [4.78, 5) is 17.3. The van der Waals surface area contributed by atoms with Crippen LogP contribution in [0.4, 0.5) is 0 Å². The van der Waals surface area contributed by atoms with Gasteiger partial charge < -0.3 is 9.72 Å². The molecule has 96 valence electrons. The first-order valence-corrected chi connectivity index (χ1v) is 6.03. The van der Waals surface area contributed by atoms with Gasteiger partial charge in [-0.2, -0.15) is 5.26 Å². The number of H-pyrrole nitrogens is 1. The van der Waals surface area contributed by atoms with Crippen LogP contribution in [0.3, 0.4) is 0 Å². The number of nitriles is 1. The van der Waals surface area contributed by atoms with Crippen LogP contribution < -0.4 is 0 Å². The molecule has 0 bridgehead atoms. The van der Waals surface area contributed by atoms with E-state index in [2.05, 4.69) is 11.1 Å². The fourth-order valence-electron chi connectivity index (χ4n) is 2.23. The van der Waals surface area contributed by atoms with Crippen molar-refractivity contribution in [1.29, 1.82) is 5.26 Å². The number of morpholine rings is 1. The minimum atomic E-state index is -0.416. The zero-order valence-electron chi connectivity index (χ0n) is 10.7. The molecule has 1 saturated heterocycles. The van der Waals surface area contributed by atoms with Crippen LogP contribution in [0.1, 0.15) is 21.7 Å². The highest BCUT2D eigenvalue weighted by Gasteiger charge is 2.23. The van der Waals surface area contributed by atoms with Gasteiger partial charge in [0, 0.05) is 30.0 Å². The van der Waals surface area contributed by atoms with Crippen molar-refractivity contribution in [3.8, 4) is 6.07 Å². The smallest absolute Gasteiger partial charge is 0.178 e. The summed E-state index contributed by atoms with van der Waals surface area (Å²) >= 11 is 0. The molecule has 1 atom stereocenters. The predicted molar refractivity (Wildman–Crippen MR) is 66.4 cm³/mol. The van der Waals surface area contributed by atoms with Crippen LogP contribution in [0, 0.1) is 25.2 Å². The van der Waals surface area contributed by atoms with Gasteiger partial charge in [0.2, 0.25) is 0 Å². The SMILES string of the molecule is Cc1cc(C(=O)CN2CCOC(C#N)C2)c(C)[nH]1. The summed E-state index contributed by atoms with van der Waals surface area (Å²) < 4.78 is 5.25. The Bertz CT molecular complexity index is 487. The average Bonchev–Trinajstić information content (AvgIpc) is 2.69. The van der Waals surface area contributed by atoms with Gasteiger partial charge in [-0.3, -0.25) is 9.69 Å². The summed E-state index contributed by atoms with van der Waals surface area (Å²) in [5.74, 6) is 0.0930. The molecule has 0 aliphatic carbocycles. The minimum Gasteiger partial charge on any atom is -0.362 e. The summed E-state index contributed by atoms with van der Waals surface area (Å²) in [6.45, 7) is 5.90. The van der Waals surface area contributed by atoms with E-state index in [9.17, 15) is 4.79 Å². The maximum absolute atomic E-state index is 12.2. The van der Waals surface area contributed by atoms with E-state index in [0.717, 1.165) is 17.0 Å². The average molecular weight is 247 g/mol. The van der Waals surface area contributed by atoms with E-state index in [-0.39, 0.29) is 5.78 Å². The molecule has 1 aromatic heterocycles. The molecule has 2 heterocycles. The molecular formula is C13H17N3O2. The Morgan fingerprint density at radius 1 is 1.67 bits per heavy atom. The molecule has 5 nitrogen and oxygen atoms in total. The zero-order chi connectivity index (χ0) is 13.1. The Kier molecular flexibility index (Phi) is 3.80. The van der Waals surface area contributed by atoms with Gasteiger partial charge in [0.15, 0.2) is 11.9 Å². The number of rotatable bonds is 3. The number of aryl methyl sites for hydroxylation is 2. The topological polar surface area (TPSA) is 69.1 Å². The number of ketones is 1. The Balaban J connectivity index is 1.99. The van der Waals surface area contributed by atoms with Gasteiger partial charge in [0.25, 0.3) is 0 Å². The number of aromatic nitrogens is 1. The number of carbonyl (C=O) groups is 1. The highest BCUT2D eigenvalue weighted by atomic mass is 16.5. The van der Waals surface area contributed by atoms with Crippen molar-refractivity contribution in [2.24, 2.45) is 0 Å². The van der Waals surface area contributed by atoms with E-state index < -0.39 is 6.10 Å². The van der Waals surface area contributed by atoms with E-state index in [1.54, 1.807) is 0 Å². The molecule has 0 spiro atoms. The Morgan fingerprint density at radius 3 is 3.06 bits per heavy atom. The third-order valence-electron chi connectivity index (χ3n) is 3.11. The van der Waals surface area contributed by atoms with E-state index in [1.165, 1.54) is 0 Å². The highest BCUT2D eigenvalue weighted by molar-refractivity contribution is 5.98. The second-order valence-corrected chi connectivity index (χ2v) is 4.64. The molecule has 1 aliphatic heterocycles. The van der Waals surface area contributed by atoms with Gasteiger partial charge in [0.05, 0.1) is 19.2 Å². The molecule has 0 aromatic carbocycles. The molecule has 1 aromatic rings. The molecule has 2 rings (SSSR count). The third-order valence-corrected chi connectivity index (χ3v) is 3.11. The first-order valence-electron chi connectivity index (χ1n) is 6.03. The van der Waals surface area contributed by atoms with Crippen molar-refractivity contribution in [2.45, 2.75) is 20.0 Å². The summed E-state index contributed by atoms with van der Waals surface area (Å²) in [6, 6.07) is 3.96. The lowest BCUT2D eigenvalue weighted by molar-refractivity contribution is 0.00240. The van der Waals surface area contributed by atoms with Crippen LogP contribution in [0.5, 0.6) is 0 Å². The molecule has 1 unspecified atom stereocenters. The van der Waals surface area contributed by atoms with Crippen molar-refractivity contribution in [1.82, 2.24) is 9.88 Å². The Labute approximate surface area is 106 Å². The Hall–Kier alpha value is -1.64. The van der Waals surface area contributed by atoms with E-state index in [1.807, 2.05) is 24.8 Å². The number of Topliss-reactive ketones (excluding diaryl/α,β-unsaturated/α-hetero) is 1. The summed E-state index contributed by atoms with van der Waals surface area (Å²) in [5.41, 5.74) is 2.64. The number of hydrogen-bond donors (Lipinski definition) is 1. The number of hydrogen-bond acceptors (Lipinski definition) is 4. The van der Waals surface area contributed by atoms with Gasteiger partial charge in [0.1, 0.15) is 0 Å². The molecule has 1 fully saturated rings. The standard InChI is InChI=1S/C13H17N3O2/c1-9-5-12(10(2)15-9)13(17)8-16-3-4-18-11(6-14)7-16/h5,11,15H,3-4,7-8H2,1-2H3. The number of nitrogens with one attached hydrogen (secondary N) is 1. The number of aromatic amines is 1. The highest BCUT2D eigenvalue weighted by Crippen LogP contribution is 2.12. The quantitative estimate of drug-likeness (QED) is 0.810. The van der Waals surface area contributed by atoms with Gasteiger partial charge in [-0.25, -0.2) is 0 Å². The van der Waals surface area contributed by atoms with Crippen molar-refractivity contribution in [3.05, 3.63) is 23.0 Å². The van der Waals surface area contributed by atoms with Crippen LogP contribution in [-0.2, 0) is 4.74 Å². The fourth-order valence-corrected chi connectivity index (χ4v) is 2.23. The summed E-state index contributed by atoms with van der Waals surface area (Å²) in [6.07, 6.45) is -0.416. The first-order chi connectivity index (χ1) is 8.60. The number of nitrogens with zero attached hydrogens (tertiary/aromatic N) is 2. The molecule has 18 heavy (non-hydrogen) atoms. The van der Waals surface area contributed by atoms with Crippen molar-refractivity contribution < 1.29 is 9.53 Å². The zero-order valence-corrected chi connectivity index (χ0v) is 10.7. The third kappa shape index (κ3) is 2.78. The summed E-state index contributed by atoms with van der Waals surface area (Å²) in [7, 11) is 0. The van der Waals surface area contributed by atoms with E-state index in [0.29, 0.717) is 26.2 Å². The molecule has 0 radical (unpaired) electrons. The van der Waals surface area contributed by atoms with Crippen molar-refractivity contribution in [2.75, 3.05) is 26.2 Å². The normalized spacial score (nSPS) is 20.6. The fraction of sp³-hybridized carbons (Fsp3) is 0.538. The van der Waals surface area contributed by atoms with Crippen molar-refractivity contribution in [3.63, 3.8) is 0 Å². The second-order valence-electron chi connectivity index (χ2n) is 4.64. The van der Waals surface area contributed by atoms with Gasteiger partial charge in [-0.15, -0.1) is 0 Å². The van der Waals surface area contributed by atoms with Crippen LogP contribution in [0.2, 0.25) is 0 Å². The maximum atomic E-state index is 12.2. The Morgan fingerprint density at radius 2 is 2.44 bits per heavy atom. The minimum absolute atomic E-state index is 0.0930. The monoisotopic (exact) mass is 247 g/mol. The predicted octanol–water partition coefficient (Wildman–Crippen LogP) is 1.04. The molecule has 1 aliphatic rings.